The Kier molecular flexibility index (Phi) is 5.16. The van der Waals surface area contributed by atoms with E-state index >= 15 is 0 Å². The van der Waals surface area contributed by atoms with Crippen LogP contribution in [0.3, 0.4) is 0 Å². The van der Waals surface area contributed by atoms with Crippen LogP contribution in [0.15, 0.2) is 30.3 Å². The van der Waals surface area contributed by atoms with Crippen LogP contribution in [-0.4, -0.2) is 29.6 Å². The summed E-state index contributed by atoms with van der Waals surface area (Å²) < 4.78 is 0. The Morgan fingerprint density at radius 1 is 1.24 bits per heavy atom. The van der Waals surface area contributed by atoms with Gasteiger partial charge in [-0.2, -0.15) is 0 Å². The highest BCUT2D eigenvalue weighted by atomic mass is 15.2. The van der Waals surface area contributed by atoms with Crippen molar-refractivity contribution >= 4 is 0 Å². The molecule has 2 nitrogen and oxygen atoms in total. The highest BCUT2D eigenvalue weighted by molar-refractivity contribution is 5.18. The summed E-state index contributed by atoms with van der Waals surface area (Å²) in [6.45, 7) is 10.7. The molecule has 0 heterocycles. The lowest BCUT2D eigenvalue weighted by Crippen LogP contribution is -2.55. The normalized spacial score (nSPS) is 15.2. The molecule has 0 aliphatic rings. The Labute approximate surface area is 106 Å². The second-order valence-electron chi connectivity index (χ2n) is 5.24. The minimum atomic E-state index is 0.0459. The van der Waals surface area contributed by atoms with Crippen molar-refractivity contribution in [3.8, 4) is 0 Å². The first-order valence-corrected chi connectivity index (χ1v) is 6.54. The number of nitrogens with two attached hydrogens (primary N) is 1. The van der Waals surface area contributed by atoms with Crippen LogP contribution in [0.5, 0.6) is 0 Å². The monoisotopic (exact) mass is 234 g/mol. The van der Waals surface area contributed by atoms with Gasteiger partial charge >= 0.3 is 0 Å². The third-order valence-electron chi connectivity index (χ3n) is 3.52. The summed E-state index contributed by atoms with van der Waals surface area (Å²) in [7, 11) is 0. The van der Waals surface area contributed by atoms with Crippen LogP contribution < -0.4 is 5.73 Å². The number of benzene rings is 1. The first-order valence-electron chi connectivity index (χ1n) is 6.54. The van der Waals surface area contributed by atoms with Crippen molar-refractivity contribution in [1.29, 1.82) is 0 Å². The molecule has 0 radical (unpaired) electrons. The van der Waals surface area contributed by atoms with Crippen LogP contribution >= 0.6 is 0 Å². The molecule has 0 fully saturated rings. The maximum absolute atomic E-state index is 6.03. The average Bonchev–Trinajstić information content (AvgIpc) is 2.30. The van der Waals surface area contributed by atoms with Crippen LogP contribution in [0.2, 0.25) is 0 Å². The molecule has 1 aromatic rings. The van der Waals surface area contributed by atoms with E-state index in [2.05, 4.69) is 62.9 Å². The van der Waals surface area contributed by atoms with E-state index in [1.54, 1.807) is 0 Å². The van der Waals surface area contributed by atoms with Crippen molar-refractivity contribution < 1.29 is 0 Å². The highest BCUT2D eigenvalue weighted by Gasteiger charge is 2.31. The number of hydrogen-bond donors (Lipinski definition) is 1. The van der Waals surface area contributed by atoms with Crippen molar-refractivity contribution in [3.05, 3.63) is 35.9 Å². The fourth-order valence-electron chi connectivity index (χ4n) is 2.70. The molecular weight excluding hydrogens is 208 g/mol. The molecule has 1 unspecified atom stereocenters. The van der Waals surface area contributed by atoms with Gasteiger partial charge < -0.3 is 5.73 Å². The molecular formula is C15H26N2. The zero-order chi connectivity index (χ0) is 12.9. The van der Waals surface area contributed by atoms with Crippen molar-refractivity contribution in [2.24, 2.45) is 5.73 Å². The van der Waals surface area contributed by atoms with Gasteiger partial charge in [-0.15, -0.1) is 0 Å². The zero-order valence-electron chi connectivity index (χ0n) is 11.6. The lowest BCUT2D eigenvalue weighted by atomic mass is 9.89. The Hall–Kier alpha value is -0.860. The third kappa shape index (κ3) is 3.55. The zero-order valence-corrected chi connectivity index (χ0v) is 11.6. The second-order valence-corrected chi connectivity index (χ2v) is 5.24. The molecule has 1 atom stereocenters. The maximum atomic E-state index is 6.03. The van der Waals surface area contributed by atoms with Crippen molar-refractivity contribution in [2.45, 2.75) is 45.7 Å². The summed E-state index contributed by atoms with van der Waals surface area (Å²) in [5.74, 6) is 0. The lowest BCUT2D eigenvalue weighted by molar-refractivity contribution is 0.0823. The van der Waals surface area contributed by atoms with Gasteiger partial charge in [0.2, 0.25) is 0 Å². The Balaban J connectivity index is 2.88. The van der Waals surface area contributed by atoms with Gasteiger partial charge in [-0.05, 0) is 39.3 Å². The highest BCUT2D eigenvalue weighted by Crippen LogP contribution is 2.22. The van der Waals surface area contributed by atoms with Crippen LogP contribution in [0.4, 0.5) is 0 Å². The lowest BCUT2D eigenvalue weighted by Gasteiger charge is -2.43. The molecule has 1 rings (SSSR count). The summed E-state index contributed by atoms with van der Waals surface area (Å²) in [6.07, 6.45) is 1.01. The van der Waals surface area contributed by atoms with E-state index in [1.165, 1.54) is 5.56 Å². The van der Waals surface area contributed by atoms with Crippen molar-refractivity contribution in [3.63, 3.8) is 0 Å². The van der Waals surface area contributed by atoms with Crippen LogP contribution in [-0.2, 0) is 6.42 Å². The Morgan fingerprint density at radius 2 is 1.82 bits per heavy atom. The largest absolute Gasteiger partial charge is 0.329 e. The van der Waals surface area contributed by atoms with E-state index < -0.39 is 0 Å². The molecule has 2 heteroatoms. The van der Waals surface area contributed by atoms with Crippen LogP contribution in [0.25, 0.3) is 0 Å². The average molecular weight is 234 g/mol. The predicted molar refractivity (Wildman–Crippen MR) is 75.1 cm³/mol. The molecule has 0 amide bonds. The van der Waals surface area contributed by atoms with E-state index in [1.807, 2.05) is 0 Å². The van der Waals surface area contributed by atoms with Gasteiger partial charge in [-0.1, -0.05) is 37.3 Å². The van der Waals surface area contributed by atoms with E-state index in [-0.39, 0.29) is 5.54 Å². The van der Waals surface area contributed by atoms with Gasteiger partial charge in [0.05, 0.1) is 0 Å². The molecule has 0 aromatic heterocycles. The summed E-state index contributed by atoms with van der Waals surface area (Å²) in [5.41, 5.74) is 7.43. The minimum absolute atomic E-state index is 0.0459. The fraction of sp³-hybridized carbons (Fsp3) is 0.600. The predicted octanol–water partition coefficient (Wildman–Crippen LogP) is 2.68. The second kappa shape index (κ2) is 6.18. The molecule has 0 saturated heterocycles. The molecule has 0 aliphatic carbocycles. The molecule has 2 N–H and O–H groups in total. The number of hydrogen-bond acceptors (Lipinski definition) is 2. The number of rotatable bonds is 6. The van der Waals surface area contributed by atoms with E-state index in [0.717, 1.165) is 13.0 Å². The smallest absolute Gasteiger partial charge is 0.0346 e. The number of likely N-dealkylation sites (N-methyl/N-ethyl adjacent to an activating group) is 1. The molecule has 17 heavy (non-hydrogen) atoms. The van der Waals surface area contributed by atoms with Gasteiger partial charge in [-0.25, -0.2) is 0 Å². The molecule has 0 aliphatic heterocycles. The van der Waals surface area contributed by atoms with Crippen LogP contribution in [0, 0.1) is 0 Å². The summed E-state index contributed by atoms with van der Waals surface area (Å²) in [4.78, 5) is 2.49. The maximum Gasteiger partial charge on any atom is 0.0346 e. The number of nitrogens with zero attached hydrogens (tertiary/aromatic N) is 1. The van der Waals surface area contributed by atoms with Gasteiger partial charge in [0, 0.05) is 18.1 Å². The third-order valence-corrected chi connectivity index (χ3v) is 3.52. The first kappa shape index (κ1) is 14.2. The Morgan fingerprint density at radius 3 is 2.24 bits per heavy atom. The van der Waals surface area contributed by atoms with Gasteiger partial charge in [0.25, 0.3) is 0 Å². The van der Waals surface area contributed by atoms with Crippen molar-refractivity contribution in [1.82, 2.24) is 4.90 Å². The molecule has 0 bridgehead atoms. The van der Waals surface area contributed by atoms with Gasteiger partial charge in [0.15, 0.2) is 0 Å². The van der Waals surface area contributed by atoms with Crippen molar-refractivity contribution in [2.75, 3.05) is 13.1 Å². The summed E-state index contributed by atoms with van der Waals surface area (Å²) in [5, 5.41) is 0. The summed E-state index contributed by atoms with van der Waals surface area (Å²) in [6, 6.07) is 11.1. The van der Waals surface area contributed by atoms with E-state index in [4.69, 9.17) is 5.73 Å². The van der Waals surface area contributed by atoms with E-state index in [0.29, 0.717) is 12.6 Å². The summed E-state index contributed by atoms with van der Waals surface area (Å²) >= 11 is 0. The first-order chi connectivity index (χ1) is 8.03. The quantitative estimate of drug-likeness (QED) is 0.820. The van der Waals surface area contributed by atoms with E-state index in [9.17, 15) is 0 Å². The SMILES string of the molecule is CCN(C(C)C)C(C)(CN)Cc1ccccc1. The van der Waals surface area contributed by atoms with Crippen LogP contribution in [0.1, 0.15) is 33.3 Å². The standard InChI is InChI=1S/C15H26N2/c1-5-17(13(2)3)15(4,12-16)11-14-9-7-6-8-10-14/h6-10,13H,5,11-12,16H2,1-4H3. The molecule has 0 saturated carbocycles. The topological polar surface area (TPSA) is 29.3 Å². The minimum Gasteiger partial charge on any atom is -0.329 e. The molecule has 1 aromatic carbocycles. The molecule has 96 valence electrons. The van der Waals surface area contributed by atoms with Gasteiger partial charge in [0.1, 0.15) is 0 Å². The Bertz CT molecular complexity index is 321. The van der Waals surface area contributed by atoms with Gasteiger partial charge in [-0.3, -0.25) is 4.90 Å². The fourth-order valence-corrected chi connectivity index (χ4v) is 2.70. The molecule has 0 spiro atoms.